The Hall–Kier alpha value is -2.43. The lowest BCUT2D eigenvalue weighted by Crippen LogP contribution is -2.25. The van der Waals surface area contributed by atoms with Crippen LogP contribution >= 0.6 is 0 Å². The summed E-state index contributed by atoms with van der Waals surface area (Å²) in [6.45, 7) is 3.25. The van der Waals surface area contributed by atoms with Gasteiger partial charge in [0.05, 0.1) is 24.8 Å². The predicted octanol–water partition coefficient (Wildman–Crippen LogP) is 2.22. The van der Waals surface area contributed by atoms with E-state index in [1.165, 1.54) is 0 Å². The number of hydrogen-bond donors (Lipinski definition) is 0. The van der Waals surface area contributed by atoms with Crippen LogP contribution in [0.15, 0.2) is 22.7 Å². The van der Waals surface area contributed by atoms with Crippen molar-refractivity contribution in [2.45, 2.75) is 32.0 Å². The molecule has 2 atom stereocenters. The molecule has 0 aliphatic carbocycles. The summed E-state index contributed by atoms with van der Waals surface area (Å²) < 4.78 is 16.1. The highest BCUT2D eigenvalue weighted by molar-refractivity contribution is 5.45. The van der Waals surface area contributed by atoms with Gasteiger partial charge in [-0.2, -0.15) is 10.2 Å². The van der Waals surface area contributed by atoms with Gasteiger partial charge >= 0.3 is 0 Å². The Bertz CT molecular complexity index is 753. The molecule has 7 heteroatoms. The zero-order valence-corrected chi connectivity index (χ0v) is 14.0. The van der Waals surface area contributed by atoms with Crippen LogP contribution in [0.25, 0.3) is 0 Å². The van der Waals surface area contributed by atoms with Crippen LogP contribution in [-0.4, -0.2) is 41.9 Å². The first-order valence-corrected chi connectivity index (χ1v) is 7.78. The van der Waals surface area contributed by atoms with Gasteiger partial charge in [0.25, 0.3) is 0 Å². The number of nitrogens with zero attached hydrogens (tertiary/aromatic N) is 4. The lowest BCUT2D eigenvalue weighted by molar-refractivity contribution is 0.107. The first-order valence-electron chi connectivity index (χ1n) is 7.78. The summed E-state index contributed by atoms with van der Waals surface area (Å²) in [5.74, 6) is 1.82. The normalized spacial score (nSPS) is 20.9. The number of benzene rings is 1. The molecule has 1 fully saturated rings. The van der Waals surface area contributed by atoms with Crippen molar-refractivity contribution in [2.75, 3.05) is 20.8 Å². The first kappa shape index (κ1) is 16.4. The van der Waals surface area contributed by atoms with Crippen LogP contribution in [0.1, 0.15) is 35.3 Å². The van der Waals surface area contributed by atoms with Crippen LogP contribution in [0, 0.1) is 18.3 Å². The lowest BCUT2D eigenvalue weighted by atomic mass is 10.1. The van der Waals surface area contributed by atoms with Crippen LogP contribution in [0.4, 0.5) is 0 Å². The molecule has 0 bridgehead atoms. The number of methoxy groups -OCH3 is 2. The van der Waals surface area contributed by atoms with Crippen LogP contribution in [0.3, 0.4) is 0 Å². The van der Waals surface area contributed by atoms with Gasteiger partial charge in [-0.15, -0.1) is 0 Å². The molecule has 0 saturated carbocycles. The van der Waals surface area contributed by atoms with Gasteiger partial charge in [0.15, 0.2) is 5.82 Å². The van der Waals surface area contributed by atoms with E-state index in [9.17, 15) is 5.26 Å². The fourth-order valence-electron chi connectivity index (χ4n) is 3.09. The Morgan fingerprint density at radius 3 is 2.88 bits per heavy atom. The summed E-state index contributed by atoms with van der Waals surface area (Å²) in [6.07, 6.45) is 0.926. The molecule has 2 heterocycles. The second kappa shape index (κ2) is 6.99. The number of likely N-dealkylation sites (tertiary alicyclic amines) is 1. The first-order chi connectivity index (χ1) is 11.6. The third-order valence-corrected chi connectivity index (χ3v) is 4.30. The molecular weight excluding hydrogens is 308 g/mol. The monoisotopic (exact) mass is 328 g/mol. The van der Waals surface area contributed by atoms with Crippen molar-refractivity contribution < 1.29 is 14.0 Å². The molecule has 1 aliphatic rings. The molecule has 1 aromatic carbocycles. The number of ether oxygens (including phenoxy) is 2. The predicted molar refractivity (Wildman–Crippen MR) is 85.3 cm³/mol. The van der Waals surface area contributed by atoms with Gasteiger partial charge in [-0.05, 0) is 31.0 Å². The molecule has 0 unspecified atom stereocenters. The summed E-state index contributed by atoms with van der Waals surface area (Å²) in [5, 5.41) is 13.1. The van der Waals surface area contributed by atoms with Gasteiger partial charge < -0.3 is 14.0 Å². The Labute approximate surface area is 140 Å². The summed E-state index contributed by atoms with van der Waals surface area (Å²) in [5.41, 5.74) is 1.56. The summed E-state index contributed by atoms with van der Waals surface area (Å²) >= 11 is 0. The van der Waals surface area contributed by atoms with E-state index in [2.05, 4.69) is 21.1 Å². The quantitative estimate of drug-likeness (QED) is 0.832. The Kier molecular flexibility index (Phi) is 4.79. The van der Waals surface area contributed by atoms with Crippen LogP contribution < -0.4 is 4.74 Å². The van der Waals surface area contributed by atoms with E-state index < -0.39 is 0 Å². The second-order valence-corrected chi connectivity index (χ2v) is 5.86. The van der Waals surface area contributed by atoms with Crippen LogP contribution in [-0.2, 0) is 11.3 Å². The van der Waals surface area contributed by atoms with E-state index in [1.807, 2.05) is 25.1 Å². The molecule has 1 saturated heterocycles. The van der Waals surface area contributed by atoms with Crippen molar-refractivity contribution in [2.24, 2.45) is 0 Å². The van der Waals surface area contributed by atoms with Gasteiger partial charge in [0.2, 0.25) is 5.89 Å². The standard InChI is InChI=1S/C17H20N4O3/c1-11-19-17(24-20-11)15-7-14(22-2)10-21(15)9-12-4-5-16(23-3)13(6-12)8-18/h4-6,14-15H,7,9-10H2,1-3H3/t14-,15-/m1/s1. The van der Waals surface area contributed by atoms with E-state index in [-0.39, 0.29) is 12.1 Å². The maximum absolute atomic E-state index is 9.25. The average Bonchev–Trinajstić information content (AvgIpc) is 3.20. The molecule has 0 radical (unpaired) electrons. The number of hydrogen-bond acceptors (Lipinski definition) is 7. The largest absolute Gasteiger partial charge is 0.495 e. The molecule has 2 aromatic rings. The fraction of sp³-hybridized carbons (Fsp3) is 0.471. The summed E-state index contributed by atoms with van der Waals surface area (Å²) in [6, 6.07) is 7.83. The minimum absolute atomic E-state index is 0.0174. The van der Waals surface area contributed by atoms with E-state index in [1.54, 1.807) is 14.2 Å². The average molecular weight is 328 g/mol. The molecule has 0 amide bonds. The van der Waals surface area contributed by atoms with Crippen molar-refractivity contribution in [3.05, 3.63) is 41.0 Å². The fourth-order valence-corrected chi connectivity index (χ4v) is 3.09. The minimum atomic E-state index is 0.0174. The Balaban J connectivity index is 1.83. The summed E-state index contributed by atoms with van der Waals surface area (Å²) in [4.78, 5) is 6.61. The van der Waals surface area contributed by atoms with E-state index in [0.717, 1.165) is 18.5 Å². The van der Waals surface area contributed by atoms with Gasteiger partial charge in [0, 0.05) is 20.2 Å². The van der Waals surface area contributed by atoms with Crippen molar-refractivity contribution in [1.82, 2.24) is 15.0 Å². The Morgan fingerprint density at radius 1 is 1.42 bits per heavy atom. The number of aryl methyl sites for hydroxylation is 1. The van der Waals surface area contributed by atoms with Gasteiger partial charge in [0.1, 0.15) is 11.8 Å². The minimum Gasteiger partial charge on any atom is -0.495 e. The third-order valence-electron chi connectivity index (χ3n) is 4.30. The maximum atomic E-state index is 9.25. The topological polar surface area (TPSA) is 84.4 Å². The lowest BCUT2D eigenvalue weighted by Gasteiger charge is -2.21. The van der Waals surface area contributed by atoms with Crippen LogP contribution in [0.2, 0.25) is 0 Å². The van der Waals surface area contributed by atoms with Crippen molar-refractivity contribution in [1.29, 1.82) is 5.26 Å². The zero-order chi connectivity index (χ0) is 17.1. The van der Waals surface area contributed by atoms with Gasteiger partial charge in [-0.25, -0.2) is 0 Å². The highest BCUT2D eigenvalue weighted by Crippen LogP contribution is 2.34. The van der Waals surface area contributed by atoms with Gasteiger partial charge in [-0.3, -0.25) is 4.90 Å². The second-order valence-electron chi connectivity index (χ2n) is 5.86. The van der Waals surface area contributed by atoms with Crippen molar-refractivity contribution in [3.8, 4) is 11.8 Å². The molecule has 3 rings (SSSR count). The molecule has 7 nitrogen and oxygen atoms in total. The van der Waals surface area contributed by atoms with E-state index in [4.69, 9.17) is 14.0 Å². The number of aromatic nitrogens is 2. The number of rotatable bonds is 5. The summed E-state index contributed by atoms with van der Waals surface area (Å²) in [7, 11) is 3.28. The maximum Gasteiger partial charge on any atom is 0.244 e. The molecule has 1 aliphatic heterocycles. The van der Waals surface area contributed by atoms with Crippen molar-refractivity contribution in [3.63, 3.8) is 0 Å². The highest BCUT2D eigenvalue weighted by Gasteiger charge is 2.36. The third kappa shape index (κ3) is 3.25. The molecule has 126 valence electrons. The Morgan fingerprint density at radius 2 is 2.25 bits per heavy atom. The van der Waals surface area contributed by atoms with Gasteiger partial charge in [-0.1, -0.05) is 11.2 Å². The number of nitriles is 1. The zero-order valence-electron chi connectivity index (χ0n) is 14.0. The smallest absolute Gasteiger partial charge is 0.244 e. The highest BCUT2D eigenvalue weighted by atomic mass is 16.5. The van der Waals surface area contributed by atoms with Crippen LogP contribution in [0.5, 0.6) is 5.75 Å². The molecule has 0 N–H and O–H groups in total. The molecular formula is C17H20N4O3. The van der Waals surface area contributed by atoms with E-state index >= 15 is 0 Å². The molecule has 0 spiro atoms. The van der Waals surface area contributed by atoms with Crippen molar-refractivity contribution >= 4 is 0 Å². The molecule has 1 aromatic heterocycles. The SMILES string of the molecule is COc1ccc(CN2C[C@H](OC)C[C@@H]2c2nc(C)no2)cc1C#N. The van der Waals surface area contributed by atoms with E-state index in [0.29, 0.717) is 29.6 Å². The molecule has 24 heavy (non-hydrogen) atoms.